The molecule has 0 spiro atoms. The predicted octanol–water partition coefficient (Wildman–Crippen LogP) is 3.72. The molecule has 1 atom stereocenters. The van der Waals surface area contributed by atoms with E-state index in [0.717, 1.165) is 12.2 Å². The van der Waals surface area contributed by atoms with Crippen LogP contribution in [0.2, 0.25) is 0 Å². The van der Waals surface area contributed by atoms with Gasteiger partial charge in [0.15, 0.2) is 0 Å². The Morgan fingerprint density at radius 3 is 2.50 bits per heavy atom. The smallest absolute Gasteiger partial charge is 0.136 e. The van der Waals surface area contributed by atoms with Crippen molar-refractivity contribution in [3.63, 3.8) is 0 Å². The summed E-state index contributed by atoms with van der Waals surface area (Å²) in [6.45, 7) is 11.1. The van der Waals surface area contributed by atoms with E-state index in [0.29, 0.717) is 5.92 Å². The number of rotatable bonds is 5. The molecule has 0 bridgehead atoms. The van der Waals surface area contributed by atoms with Gasteiger partial charge < -0.3 is 4.57 Å². The first-order chi connectivity index (χ1) is 7.50. The molecule has 0 fully saturated rings. The lowest BCUT2D eigenvalue weighted by atomic mass is 9.97. The lowest BCUT2D eigenvalue weighted by molar-refractivity contribution is 0.364. The molecule has 1 aromatic heterocycles. The van der Waals surface area contributed by atoms with Crippen LogP contribution in [-0.4, -0.2) is 14.8 Å². The third-order valence-corrected chi connectivity index (χ3v) is 3.06. The van der Waals surface area contributed by atoms with E-state index in [1.807, 2.05) is 6.33 Å². The third kappa shape index (κ3) is 3.06. The Hall–Kier alpha value is -0.860. The van der Waals surface area contributed by atoms with Gasteiger partial charge in [0.1, 0.15) is 12.2 Å². The van der Waals surface area contributed by atoms with Crippen molar-refractivity contribution in [2.45, 2.75) is 71.8 Å². The highest BCUT2D eigenvalue weighted by atomic mass is 15.3. The predicted molar refractivity (Wildman–Crippen MR) is 67.6 cm³/mol. The molecule has 1 heterocycles. The van der Waals surface area contributed by atoms with Gasteiger partial charge in [-0.15, -0.1) is 10.2 Å². The van der Waals surface area contributed by atoms with Gasteiger partial charge in [0.05, 0.1) is 0 Å². The lowest BCUT2D eigenvalue weighted by Crippen LogP contribution is -2.24. The fourth-order valence-corrected chi connectivity index (χ4v) is 2.01. The fourth-order valence-electron chi connectivity index (χ4n) is 2.01. The van der Waals surface area contributed by atoms with Crippen LogP contribution in [0, 0.1) is 0 Å². The first-order valence-electron chi connectivity index (χ1n) is 6.41. The van der Waals surface area contributed by atoms with Crippen molar-refractivity contribution in [2.24, 2.45) is 0 Å². The van der Waals surface area contributed by atoms with Crippen molar-refractivity contribution in [2.75, 3.05) is 0 Å². The minimum atomic E-state index is 0.0818. The summed E-state index contributed by atoms with van der Waals surface area (Å²) in [6, 6.07) is 0. The van der Waals surface area contributed by atoms with Gasteiger partial charge in [-0.1, -0.05) is 26.7 Å². The molecule has 0 saturated carbocycles. The number of aromatic nitrogens is 3. The highest BCUT2D eigenvalue weighted by molar-refractivity contribution is 4.99. The molecule has 0 aromatic carbocycles. The Morgan fingerprint density at radius 2 is 2.00 bits per heavy atom. The number of unbranched alkanes of at least 4 members (excludes halogenated alkanes) is 1. The highest BCUT2D eigenvalue weighted by Gasteiger charge is 2.22. The lowest BCUT2D eigenvalue weighted by Gasteiger charge is -2.25. The van der Waals surface area contributed by atoms with Crippen LogP contribution in [0.15, 0.2) is 6.33 Å². The molecule has 92 valence electrons. The molecule has 1 aromatic rings. The molecule has 3 heteroatoms. The van der Waals surface area contributed by atoms with E-state index in [1.54, 1.807) is 0 Å². The molecule has 0 aliphatic rings. The average Bonchev–Trinajstić information content (AvgIpc) is 2.67. The highest BCUT2D eigenvalue weighted by Crippen LogP contribution is 2.27. The molecule has 0 radical (unpaired) electrons. The quantitative estimate of drug-likeness (QED) is 0.761. The van der Waals surface area contributed by atoms with Gasteiger partial charge >= 0.3 is 0 Å². The summed E-state index contributed by atoms with van der Waals surface area (Å²) in [6.07, 6.45) is 6.76. The zero-order valence-electron chi connectivity index (χ0n) is 11.3. The zero-order valence-corrected chi connectivity index (χ0v) is 11.3. The summed E-state index contributed by atoms with van der Waals surface area (Å²) in [5.74, 6) is 1.71. The second-order valence-corrected chi connectivity index (χ2v) is 5.48. The monoisotopic (exact) mass is 223 g/mol. The summed E-state index contributed by atoms with van der Waals surface area (Å²) in [4.78, 5) is 0. The van der Waals surface area contributed by atoms with E-state index in [-0.39, 0.29) is 5.54 Å². The number of nitrogens with zero attached hydrogens (tertiary/aromatic N) is 3. The van der Waals surface area contributed by atoms with Crippen LogP contribution in [0.4, 0.5) is 0 Å². The molecule has 16 heavy (non-hydrogen) atoms. The van der Waals surface area contributed by atoms with Crippen molar-refractivity contribution in [1.82, 2.24) is 14.8 Å². The van der Waals surface area contributed by atoms with Crippen LogP contribution in [0.5, 0.6) is 0 Å². The van der Waals surface area contributed by atoms with E-state index in [2.05, 4.69) is 49.4 Å². The standard InChI is InChI=1S/C13H25N3/c1-6-8-9-11(7-2)12-15-14-10-16(12)13(3,4)5/h10-11H,6-9H2,1-5H3. The van der Waals surface area contributed by atoms with Crippen LogP contribution in [0.3, 0.4) is 0 Å². The van der Waals surface area contributed by atoms with E-state index in [1.165, 1.54) is 19.3 Å². The second kappa shape index (κ2) is 5.46. The maximum absolute atomic E-state index is 4.32. The van der Waals surface area contributed by atoms with Crippen LogP contribution >= 0.6 is 0 Å². The number of hydrogen-bond acceptors (Lipinski definition) is 2. The van der Waals surface area contributed by atoms with Gasteiger partial charge in [-0.3, -0.25) is 0 Å². The van der Waals surface area contributed by atoms with Crippen molar-refractivity contribution in [1.29, 1.82) is 0 Å². The third-order valence-electron chi connectivity index (χ3n) is 3.06. The largest absolute Gasteiger partial charge is 0.312 e. The first-order valence-corrected chi connectivity index (χ1v) is 6.41. The maximum atomic E-state index is 4.32. The topological polar surface area (TPSA) is 30.7 Å². The van der Waals surface area contributed by atoms with Gasteiger partial charge in [0, 0.05) is 11.5 Å². The van der Waals surface area contributed by atoms with Gasteiger partial charge in [-0.05, 0) is 33.6 Å². The van der Waals surface area contributed by atoms with Crippen LogP contribution < -0.4 is 0 Å². The van der Waals surface area contributed by atoms with E-state index < -0.39 is 0 Å². The summed E-state index contributed by atoms with van der Waals surface area (Å²) < 4.78 is 2.22. The molecule has 0 N–H and O–H groups in total. The minimum Gasteiger partial charge on any atom is -0.312 e. The molecule has 1 unspecified atom stereocenters. The SMILES string of the molecule is CCCCC(CC)c1nncn1C(C)(C)C. The van der Waals surface area contributed by atoms with E-state index in [9.17, 15) is 0 Å². The van der Waals surface area contributed by atoms with Crippen molar-refractivity contribution in [3.8, 4) is 0 Å². The maximum Gasteiger partial charge on any atom is 0.136 e. The summed E-state index contributed by atoms with van der Waals surface area (Å²) in [5, 5.41) is 8.40. The van der Waals surface area contributed by atoms with Crippen molar-refractivity contribution in [3.05, 3.63) is 12.2 Å². The molecular weight excluding hydrogens is 198 g/mol. The van der Waals surface area contributed by atoms with Crippen LogP contribution in [0.1, 0.15) is 72.0 Å². The van der Waals surface area contributed by atoms with Crippen molar-refractivity contribution >= 4 is 0 Å². The Morgan fingerprint density at radius 1 is 1.31 bits per heavy atom. The summed E-state index contributed by atoms with van der Waals surface area (Å²) in [5.41, 5.74) is 0.0818. The first kappa shape index (κ1) is 13.2. The van der Waals surface area contributed by atoms with Gasteiger partial charge in [-0.25, -0.2) is 0 Å². The van der Waals surface area contributed by atoms with Gasteiger partial charge in [0.25, 0.3) is 0 Å². The normalized spacial score (nSPS) is 14.1. The Bertz CT molecular complexity index is 309. The molecule has 1 rings (SSSR count). The molecular formula is C13H25N3. The van der Waals surface area contributed by atoms with Gasteiger partial charge in [-0.2, -0.15) is 0 Å². The molecule has 3 nitrogen and oxygen atoms in total. The summed E-state index contributed by atoms with van der Waals surface area (Å²) >= 11 is 0. The van der Waals surface area contributed by atoms with E-state index in [4.69, 9.17) is 0 Å². The Balaban J connectivity index is 2.88. The Kier molecular flexibility index (Phi) is 4.51. The van der Waals surface area contributed by atoms with Crippen LogP contribution in [0.25, 0.3) is 0 Å². The molecule has 0 aliphatic carbocycles. The van der Waals surface area contributed by atoms with Crippen LogP contribution in [-0.2, 0) is 5.54 Å². The fraction of sp³-hybridized carbons (Fsp3) is 0.846. The second-order valence-electron chi connectivity index (χ2n) is 5.48. The average molecular weight is 223 g/mol. The minimum absolute atomic E-state index is 0.0818. The Labute approximate surface area is 99.3 Å². The summed E-state index contributed by atoms with van der Waals surface area (Å²) in [7, 11) is 0. The molecule has 0 amide bonds. The van der Waals surface area contributed by atoms with E-state index >= 15 is 0 Å². The van der Waals surface area contributed by atoms with Gasteiger partial charge in [0.2, 0.25) is 0 Å². The number of hydrogen-bond donors (Lipinski definition) is 0. The molecule has 0 saturated heterocycles. The zero-order chi connectivity index (χ0) is 12.2. The molecule has 0 aliphatic heterocycles. The van der Waals surface area contributed by atoms with Crippen molar-refractivity contribution < 1.29 is 0 Å².